The first-order valence-corrected chi connectivity index (χ1v) is 19.2. The summed E-state index contributed by atoms with van der Waals surface area (Å²) >= 11 is 0. The third-order valence-corrected chi connectivity index (χ3v) is 13.0. The van der Waals surface area contributed by atoms with Crippen LogP contribution in [0.25, 0.3) is 0 Å². The van der Waals surface area contributed by atoms with Gasteiger partial charge in [-0.2, -0.15) is 0 Å². The van der Waals surface area contributed by atoms with E-state index in [9.17, 15) is 9.59 Å². The molecule has 1 amide bonds. The molecule has 4 atom stereocenters. The number of nitrogens with one attached hydrogen (secondary N) is 1. The Morgan fingerprint density at radius 1 is 1.22 bits per heavy atom. The second-order valence-electron chi connectivity index (χ2n) is 12.6. The number of cyclic esters (lactones) is 1. The van der Waals surface area contributed by atoms with Crippen LogP contribution in [0.5, 0.6) is 0 Å². The second kappa shape index (κ2) is 10.3. The van der Waals surface area contributed by atoms with Gasteiger partial charge in [-0.25, -0.2) is 4.79 Å². The Bertz CT molecular complexity index is 921. The highest BCUT2D eigenvalue weighted by molar-refractivity contribution is 6.83. The van der Waals surface area contributed by atoms with Crippen LogP contribution in [0.4, 0.5) is 4.79 Å². The zero-order valence-electron chi connectivity index (χ0n) is 23.1. The molecule has 3 fully saturated rings. The van der Waals surface area contributed by atoms with Gasteiger partial charge < -0.3 is 28.7 Å². The first-order valence-electron chi connectivity index (χ1n) is 12.8. The minimum absolute atomic E-state index is 0.0798. The van der Waals surface area contributed by atoms with Crippen LogP contribution in [0, 0.1) is 23.3 Å². The van der Waals surface area contributed by atoms with E-state index in [2.05, 4.69) is 76.9 Å². The number of amides is 1. The van der Waals surface area contributed by atoms with Crippen molar-refractivity contribution in [1.29, 1.82) is 0 Å². The molecule has 2 heterocycles. The quantitative estimate of drug-likeness (QED) is 0.243. The number of esters is 1. The van der Waals surface area contributed by atoms with Crippen molar-refractivity contribution in [2.75, 3.05) is 26.4 Å². The molecule has 0 aromatic rings. The SMILES string of the molecule is C=CCOC(=O)N[C@@H]1[C@H]2COC(=O)C[C@H]2[C@](C#C[Si](C)(C)C)(O[Si](C)(C)C(C)(C)C)CC12OCCO2. The number of ether oxygens (including phenoxy) is 4. The topological polar surface area (TPSA) is 92.3 Å². The third kappa shape index (κ3) is 6.08. The van der Waals surface area contributed by atoms with Gasteiger partial charge in [-0.3, -0.25) is 4.79 Å². The first kappa shape index (κ1) is 28.9. The number of hydrogen-bond donors (Lipinski definition) is 1. The maximum atomic E-state index is 12.7. The fraction of sp³-hybridized carbons (Fsp3) is 0.769. The van der Waals surface area contributed by atoms with E-state index in [4.69, 9.17) is 23.4 Å². The van der Waals surface area contributed by atoms with Gasteiger partial charge in [0, 0.05) is 18.3 Å². The minimum atomic E-state index is -2.37. The second-order valence-corrected chi connectivity index (χ2v) is 22.1. The summed E-state index contributed by atoms with van der Waals surface area (Å²) in [5, 5.41) is 2.89. The van der Waals surface area contributed by atoms with E-state index in [1.165, 1.54) is 6.08 Å². The molecule has 0 radical (unpaired) electrons. The average Bonchev–Trinajstić information content (AvgIpc) is 3.21. The lowest BCUT2D eigenvalue weighted by Gasteiger charge is -2.58. The molecule has 8 nitrogen and oxygen atoms in total. The summed E-state index contributed by atoms with van der Waals surface area (Å²) in [6, 6.07) is -0.597. The van der Waals surface area contributed by atoms with E-state index in [0.717, 1.165) is 0 Å². The van der Waals surface area contributed by atoms with Gasteiger partial charge in [-0.15, -0.1) is 5.54 Å². The molecule has 10 heteroatoms. The number of alkyl carbamates (subject to hydrolysis) is 1. The van der Waals surface area contributed by atoms with Crippen LogP contribution in [-0.4, -0.2) is 72.3 Å². The van der Waals surface area contributed by atoms with Crippen LogP contribution in [-0.2, 0) is 28.2 Å². The highest BCUT2D eigenvalue weighted by Gasteiger charge is 2.66. The van der Waals surface area contributed by atoms with E-state index in [1.54, 1.807) is 0 Å². The molecule has 1 aliphatic carbocycles. The highest BCUT2D eigenvalue weighted by Crippen LogP contribution is 2.54. The van der Waals surface area contributed by atoms with Gasteiger partial charge in [0.1, 0.15) is 20.3 Å². The molecule has 36 heavy (non-hydrogen) atoms. The van der Waals surface area contributed by atoms with Crippen molar-refractivity contribution in [3.8, 4) is 11.5 Å². The Hall–Kier alpha value is -1.65. The molecule has 3 aliphatic rings. The van der Waals surface area contributed by atoms with Crippen molar-refractivity contribution in [1.82, 2.24) is 5.32 Å². The van der Waals surface area contributed by atoms with Crippen LogP contribution in [0.1, 0.15) is 33.6 Å². The molecule has 0 aromatic heterocycles. The van der Waals surface area contributed by atoms with Gasteiger partial charge in [-0.05, 0) is 18.1 Å². The summed E-state index contributed by atoms with van der Waals surface area (Å²) in [5.41, 5.74) is 2.56. The van der Waals surface area contributed by atoms with Crippen LogP contribution < -0.4 is 5.32 Å². The van der Waals surface area contributed by atoms with Gasteiger partial charge in [-0.1, -0.05) is 59.0 Å². The summed E-state index contributed by atoms with van der Waals surface area (Å²) in [5.74, 6) is 1.49. The van der Waals surface area contributed by atoms with Crippen LogP contribution in [0.2, 0.25) is 37.8 Å². The Morgan fingerprint density at radius 3 is 2.42 bits per heavy atom. The van der Waals surface area contributed by atoms with Crippen LogP contribution >= 0.6 is 0 Å². The van der Waals surface area contributed by atoms with E-state index >= 15 is 0 Å². The lowest BCUT2D eigenvalue weighted by Crippen LogP contribution is -2.72. The summed E-state index contributed by atoms with van der Waals surface area (Å²) in [4.78, 5) is 25.3. The first-order chi connectivity index (χ1) is 16.5. The molecule has 0 bridgehead atoms. The summed E-state index contributed by atoms with van der Waals surface area (Å²) in [7, 11) is -4.19. The van der Waals surface area contributed by atoms with Crippen molar-refractivity contribution in [2.45, 2.75) is 88.8 Å². The maximum absolute atomic E-state index is 12.7. The normalized spacial score (nSPS) is 30.0. The molecular formula is C26H43NO7Si2. The lowest BCUT2D eigenvalue weighted by atomic mass is 9.62. The fourth-order valence-electron chi connectivity index (χ4n) is 4.92. The molecule has 0 aromatic carbocycles. The zero-order chi connectivity index (χ0) is 27.0. The zero-order valence-corrected chi connectivity index (χ0v) is 25.1. The number of fused-ring (bicyclic) bond motifs is 1. The largest absolute Gasteiger partial charge is 0.465 e. The van der Waals surface area contributed by atoms with E-state index in [1.807, 2.05) is 0 Å². The van der Waals surface area contributed by atoms with E-state index < -0.39 is 39.9 Å². The Balaban J connectivity index is 2.16. The molecule has 1 spiro atoms. The van der Waals surface area contributed by atoms with Crippen molar-refractivity contribution < 1.29 is 33.0 Å². The molecular weight excluding hydrogens is 494 g/mol. The van der Waals surface area contributed by atoms with Crippen molar-refractivity contribution in [3.05, 3.63) is 12.7 Å². The fourth-order valence-corrected chi connectivity index (χ4v) is 6.99. The van der Waals surface area contributed by atoms with Crippen LogP contribution in [0.3, 0.4) is 0 Å². The van der Waals surface area contributed by atoms with Gasteiger partial charge in [0.25, 0.3) is 0 Å². The molecule has 3 rings (SSSR count). The minimum Gasteiger partial charge on any atom is -0.465 e. The predicted octanol–water partition coefficient (Wildman–Crippen LogP) is 4.23. The van der Waals surface area contributed by atoms with Crippen LogP contribution in [0.15, 0.2) is 12.7 Å². The predicted molar refractivity (Wildman–Crippen MR) is 142 cm³/mol. The number of hydrogen-bond acceptors (Lipinski definition) is 7. The van der Waals surface area contributed by atoms with Gasteiger partial charge >= 0.3 is 12.1 Å². The van der Waals surface area contributed by atoms with E-state index in [0.29, 0.717) is 13.2 Å². The van der Waals surface area contributed by atoms with Gasteiger partial charge in [0.2, 0.25) is 0 Å². The van der Waals surface area contributed by atoms with Crippen molar-refractivity contribution in [3.63, 3.8) is 0 Å². The molecule has 0 unspecified atom stereocenters. The van der Waals surface area contributed by atoms with Gasteiger partial charge in [0.15, 0.2) is 14.1 Å². The summed E-state index contributed by atoms with van der Waals surface area (Å²) in [6.45, 7) is 22.1. The molecule has 202 valence electrons. The monoisotopic (exact) mass is 537 g/mol. The lowest BCUT2D eigenvalue weighted by molar-refractivity contribution is -0.258. The van der Waals surface area contributed by atoms with Crippen molar-refractivity contribution in [2.24, 2.45) is 11.8 Å². The standard InChI is InChI=1S/C26H43NO7Si2/c1-10-12-30-23(29)27-22-19-17-31-21(28)16-20(19)25(11-15-35(5,6)7,18-26(22)32-13-14-33-26)34-36(8,9)24(2,3)4/h10,19-20,22H,1,12-14,16-18H2,2-9H3,(H,27,29)/t19-,20+,22+,25+/m0/s1. The Morgan fingerprint density at radius 2 is 1.86 bits per heavy atom. The molecule has 1 N–H and O–H groups in total. The molecule has 2 saturated heterocycles. The molecule has 1 saturated carbocycles. The molecule has 2 aliphatic heterocycles. The Kier molecular flexibility index (Phi) is 8.24. The number of carbonyl (C=O) groups is 2. The third-order valence-electron chi connectivity index (χ3n) is 7.62. The summed E-state index contributed by atoms with van der Waals surface area (Å²) in [6.07, 6.45) is 1.34. The van der Waals surface area contributed by atoms with E-state index in [-0.39, 0.29) is 48.9 Å². The number of rotatable bonds is 5. The average molecular weight is 538 g/mol. The smallest absolute Gasteiger partial charge is 0.407 e. The summed E-state index contributed by atoms with van der Waals surface area (Å²) < 4.78 is 30.6. The number of carbonyl (C=O) groups excluding carboxylic acids is 2. The maximum Gasteiger partial charge on any atom is 0.407 e. The van der Waals surface area contributed by atoms with Gasteiger partial charge in [0.05, 0.1) is 32.3 Å². The highest BCUT2D eigenvalue weighted by atomic mass is 28.4. The van der Waals surface area contributed by atoms with Crippen molar-refractivity contribution >= 4 is 28.5 Å². The Labute approximate surface area is 217 Å².